The first-order valence-electron chi connectivity index (χ1n) is 10.4. The Balaban J connectivity index is 1.56. The molecule has 0 atom stereocenters. The Hall–Kier alpha value is -4.59. The first-order valence-corrected chi connectivity index (χ1v) is 11.6. The number of carbonyl (C=O) groups is 1. The van der Waals surface area contributed by atoms with Crippen LogP contribution in [-0.4, -0.2) is 56.2 Å². The van der Waals surface area contributed by atoms with E-state index in [1.807, 2.05) is 16.9 Å². The molecular weight excluding hydrogens is 574 g/mol. The Morgan fingerprint density at radius 1 is 1.25 bits per heavy atom. The summed E-state index contributed by atoms with van der Waals surface area (Å²) in [5.74, 6) is 2.54. The third-order valence-electron chi connectivity index (χ3n) is 4.84. The molecule has 0 unspecified atom stereocenters. The number of azo groups is 1. The topological polar surface area (TPSA) is 167 Å². The number of fused-ring (bicyclic) bond motifs is 1. The Morgan fingerprint density at radius 2 is 2.03 bits per heavy atom. The first kappa shape index (κ1) is 23.2. The molecule has 0 aliphatic carbocycles. The van der Waals surface area contributed by atoms with E-state index in [-0.39, 0.29) is 23.2 Å². The second-order valence-corrected chi connectivity index (χ2v) is 7.97. The number of halogens is 1. The van der Waals surface area contributed by atoms with Crippen molar-refractivity contribution in [2.75, 3.05) is 5.32 Å². The van der Waals surface area contributed by atoms with Gasteiger partial charge in [0.1, 0.15) is 0 Å². The predicted molar refractivity (Wildman–Crippen MR) is 140 cm³/mol. The Bertz CT molecular complexity index is 1660. The number of hydrogen-bond donors (Lipinski definition) is 2. The van der Waals surface area contributed by atoms with Crippen molar-refractivity contribution in [1.82, 2.24) is 39.6 Å². The summed E-state index contributed by atoms with van der Waals surface area (Å²) in [4.78, 5) is 24.2. The van der Waals surface area contributed by atoms with Crippen LogP contribution < -0.4 is 5.32 Å². The number of anilines is 1. The van der Waals surface area contributed by atoms with Gasteiger partial charge in [-0.2, -0.15) is 0 Å². The minimum absolute atomic E-state index is 0.151. The summed E-state index contributed by atoms with van der Waals surface area (Å²) in [6.45, 7) is 1.45. The Morgan fingerprint density at radius 3 is 2.72 bits per heavy atom. The van der Waals surface area contributed by atoms with Crippen molar-refractivity contribution in [1.29, 1.82) is 5.26 Å². The quantitative estimate of drug-likeness (QED) is 0.175. The zero-order valence-corrected chi connectivity index (χ0v) is 20.7. The molecular formula is C21H14BIN12O. The molecule has 0 bridgehead atoms. The van der Waals surface area contributed by atoms with Crippen molar-refractivity contribution < 1.29 is 4.79 Å². The van der Waals surface area contributed by atoms with Crippen LogP contribution >= 0.6 is 22.4 Å². The number of hydrogen-bond acceptors (Lipinski definition) is 9. The molecule has 0 saturated heterocycles. The summed E-state index contributed by atoms with van der Waals surface area (Å²) in [6, 6.07) is 10.9. The van der Waals surface area contributed by atoms with Crippen molar-refractivity contribution in [3.63, 3.8) is 0 Å². The molecule has 174 valence electrons. The van der Waals surface area contributed by atoms with Crippen LogP contribution in [0.3, 0.4) is 0 Å². The first-order chi connectivity index (χ1) is 17.6. The van der Waals surface area contributed by atoms with Gasteiger partial charge in [0.25, 0.3) is 0 Å². The van der Waals surface area contributed by atoms with Crippen LogP contribution in [0, 0.1) is 11.3 Å². The number of nitrogens with zero attached hydrogens (tertiary/aromatic N) is 10. The van der Waals surface area contributed by atoms with Gasteiger partial charge in [0, 0.05) is 6.92 Å². The van der Waals surface area contributed by atoms with Gasteiger partial charge < -0.3 is 0 Å². The fourth-order valence-electron chi connectivity index (χ4n) is 3.30. The van der Waals surface area contributed by atoms with Crippen LogP contribution in [0.25, 0.3) is 23.0 Å². The molecule has 5 rings (SSSR count). The Kier molecular flexibility index (Phi) is 6.41. The summed E-state index contributed by atoms with van der Waals surface area (Å²) < 4.78 is 4.65. The number of benzene rings is 1. The zero-order chi connectivity index (χ0) is 25.1. The number of nitriles is 1. The molecule has 1 aromatic carbocycles. The van der Waals surface area contributed by atoms with Crippen molar-refractivity contribution in [3.8, 4) is 23.4 Å². The van der Waals surface area contributed by atoms with Gasteiger partial charge in [-0.05, 0) is 0 Å². The van der Waals surface area contributed by atoms with Crippen LogP contribution in [0.4, 0.5) is 17.2 Å². The van der Waals surface area contributed by atoms with E-state index in [0.29, 0.717) is 28.5 Å². The SMILES string of the molecule is CC(=O)Nc1ccc(-c2nc3c(N=Nc4c(C#N)cnn4-c4ncccn4)c(C=BI)[nH]n3n2)cc1. The van der Waals surface area contributed by atoms with E-state index in [0.717, 1.165) is 5.56 Å². The van der Waals surface area contributed by atoms with E-state index in [4.69, 9.17) is 0 Å². The van der Waals surface area contributed by atoms with E-state index in [1.54, 1.807) is 36.6 Å². The predicted octanol–water partition coefficient (Wildman–Crippen LogP) is 3.15. The van der Waals surface area contributed by atoms with E-state index < -0.39 is 0 Å². The van der Waals surface area contributed by atoms with E-state index in [1.165, 1.54) is 22.4 Å². The second-order valence-electron chi connectivity index (χ2n) is 7.25. The molecule has 0 radical (unpaired) electrons. The number of aromatic amines is 1. The van der Waals surface area contributed by atoms with Crippen molar-refractivity contribution >= 4 is 61.9 Å². The minimum atomic E-state index is -0.151. The molecule has 2 N–H and O–H groups in total. The van der Waals surface area contributed by atoms with Crippen LogP contribution in [0.2, 0.25) is 0 Å². The van der Waals surface area contributed by atoms with Gasteiger partial charge >= 0.3 is 206 Å². The van der Waals surface area contributed by atoms with Crippen LogP contribution in [-0.2, 0) is 4.79 Å². The number of rotatable bonds is 6. The van der Waals surface area contributed by atoms with Gasteiger partial charge in [-0.25, -0.2) is 0 Å². The molecule has 0 aliphatic heterocycles. The van der Waals surface area contributed by atoms with E-state index in [2.05, 4.69) is 74.2 Å². The van der Waals surface area contributed by atoms with Gasteiger partial charge in [0.2, 0.25) is 0 Å². The second kappa shape index (κ2) is 9.96. The summed E-state index contributed by atoms with van der Waals surface area (Å²) in [5, 5.41) is 32.8. The average molecular weight is 588 g/mol. The van der Waals surface area contributed by atoms with Crippen molar-refractivity contribution in [2.45, 2.75) is 6.92 Å². The van der Waals surface area contributed by atoms with E-state index in [9.17, 15) is 10.1 Å². The fraction of sp³-hybridized carbons (Fsp3) is 0.0476. The molecule has 5 aromatic rings. The number of carbonyl (C=O) groups excluding carboxylic acids is 1. The molecule has 0 spiro atoms. The van der Waals surface area contributed by atoms with E-state index >= 15 is 0 Å². The maximum absolute atomic E-state index is 11.3. The molecule has 0 saturated carbocycles. The summed E-state index contributed by atoms with van der Waals surface area (Å²) in [7, 11) is 0. The molecule has 13 nitrogen and oxygen atoms in total. The van der Waals surface area contributed by atoms with Crippen molar-refractivity contribution in [3.05, 3.63) is 60.2 Å². The van der Waals surface area contributed by atoms with Gasteiger partial charge in [-0.3, -0.25) is 4.79 Å². The maximum atomic E-state index is 11.3. The standard InChI is InChI=1S/C21H14BIN12O/c1-12(36)28-15-5-3-13(4-6-15)18-29-20-17(16(9-22-23)32-35(20)33-18)30-31-19-14(10-24)11-27-34(19)21-25-7-2-8-26-21/h2-9,11,32H,1H3,(H,28,36). The molecule has 15 heteroatoms. The zero-order valence-electron chi connectivity index (χ0n) is 18.5. The van der Waals surface area contributed by atoms with Gasteiger partial charge in [-0.15, -0.1) is 0 Å². The summed E-state index contributed by atoms with van der Waals surface area (Å²) >= 11 is 2.09. The molecule has 0 aliphatic rings. The molecule has 4 aromatic heterocycles. The molecule has 36 heavy (non-hydrogen) atoms. The molecule has 1 amide bonds. The number of amides is 1. The fourth-order valence-corrected chi connectivity index (χ4v) is 3.66. The van der Waals surface area contributed by atoms with Gasteiger partial charge in [0.05, 0.1) is 0 Å². The van der Waals surface area contributed by atoms with Gasteiger partial charge in [-0.1, -0.05) is 0 Å². The molecule has 4 heterocycles. The third kappa shape index (κ3) is 4.53. The number of nitrogens with one attached hydrogen (secondary N) is 2. The average Bonchev–Trinajstić information content (AvgIpc) is 3.57. The molecule has 0 fully saturated rings. The monoisotopic (exact) mass is 588 g/mol. The summed E-state index contributed by atoms with van der Waals surface area (Å²) in [6.07, 6.45) is 4.51. The van der Waals surface area contributed by atoms with Crippen LogP contribution in [0.15, 0.2) is 59.2 Å². The third-order valence-corrected chi connectivity index (χ3v) is 5.20. The van der Waals surface area contributed by atoms with Crippen molar-refractivity contribution in [2.24, 2.45) is 10.2 Å². The van der Waals surface area contributed by atoms with Crippen LogP contribution in [0.1, 0.15) is 18.2 Å². The number of H-pyrrole nitrogens is 1. The number of aromatic nitrogens is 8. The van der Waals surface area contributed by atoms with Crippen LogP contribution in [0.5, 0.6) is 0 Å². The van der Waals surface area contributed by atoms with Gasteiger partial charge in [0.15, 0.2) is 0 Å². The summed E-state index contributed by atoms with van der Waals surface area (Å²) in [5.41, 5.74) is 3.11. The normalized spacial score (nSPS) is 11.2. The Labute approximate surface area is 217 Å².